The van der Waals surface area contributed by atoms with Gasteiger partial charge in [0.1, 0.15) is 0 Å². The number of hydrogen-bond acceptors (Lipinski definition) is 5. The molecule has 1 fully saturated rings. The minimum atomic E-state index is -3.80. The number of amides is 1. The lowest BCUT2D eigenvalue weighted by Gasteiger charge is -2.19. The number of hydrogen-bond donors (Lipinski definition) is 4. The fourth-order valence-electron chi connectivity index (χ4n) is 2.84. The molecular weight excluding hydrogens is 352 g/mol. The molecule has 1 amide bonds. The fraction of sp³-hybridized carbons (Fsp3) is 0.278. The van der Waals surface area contributed by atoms with Gasteiger partial charge in [-0.2, -0.15) is 0 Å². The molecule has 2 atom stereocenters. The second-order valence-corrected chi connectivity index (χ2v) is 7.91. The standard InChI is InChI=1S/C18H22N4O3S/c1-2-13-7-6-10-15(11-13)20-17(23)16-12-19-21-18(16)26(24,25)22-14-8-4-3-5-9-14/h3-11,16,18-19,21-22H,2,12H2,1H3,(H,20,23). The van der Waals surface area contributed by atoms with Crippen LogP contribution in [0.25, 0.3) is 0 Å². The van der Waals surface area contributed by atoms with Gasteiger partial charge < -0.3 is 5.32 Å². The second-order valence-electron chi connectivity index (χ2n) is 6.11. The summed E-state index contributed by atoms with van der Waals surface area (Å²) in [4.78, 5) is 12.6. The molecule has 2 aromatic rings. The van der Waals surface area contributed by atoms with Crippen LogP contribution in [0, 0.1) is 5.92 Å². The Hall–Kier alpha value is -2.42. The van der Waals surface area contributed by atoms with Crippen molar-refractivity contribution < 1.29 is 13.2 Å². The zero-order valence-electron chi connectivity index (χ0n) is 14.4. The van der Waals surface area contributed by atoms with Gasteiger partial charge in [0.05, 0.1) is 5.92 Å². The van der Waals surface area contributed by atoms with Crippen LogP contribution < -0.4 is 20.9 Å². The molecule has 7 nitrogen and oxygen atoms in total. The van der Waals surface area contributed by atoms with Gasteiger partial charge in [0.15, 0.2) is 5.37 Å². The van der Waals surface area contributed by atoms with E-state index >= 15 is 0 Å². The van der Waals surface area contributed by atoms with Crippen LogP contribution in [0.3, 0.4) is 0 Å². The molecule has 8 heteroatoms. The number of anilines is 2. The first-order valence-electron chi connectivity index (χ1n) is 8.44. The predicted octanol–water partition coefficient (Wildman–Crippen LogP) is 1.68. The summed E-state index contributed by atoms with van der Waals surface area (Å²) >= 11 is 0. The molecule has 2 unspecified atom stereocenters. The Morgan fingerprint density at radius 1 is 1.12 bits per heavy atom. The van der Waals surface area contributed by atoms with Crippen molar-refractivity contribution in [3.8, 4) is 0 Å². The van der Waals surface area contributed by atoms with Gasteiger partial charge in [-0.25, -0.2) is 13.8 Å². The molecule has 3 rings (SSSR count). The number of aryl methyl sites for hydroxylation is 1. The van der Waals surface area contributed by atoms with Crippen molar-refractivity contribution in [3.63, 3.8) is 0 Å². The molecule has 0 bridgehead atoms. The molecule has 2 aromatic carbocycles. The molecule has 4 N–H and O–H groups in total. The van der Waals surface area contributed by atoms with Crippen LogP contribution in [0.2, 0.25) is 0 Å². The molecule has 138 valence electrons. The van der Waals surface area contributed by atoms with Gasteiger partial charge in [-0.1, -0.05) is 37.3 Å². The Labute approximate surface area is 153 Å². The Balaban J connectivity index is 1.73. The van der Waals surface area contributed by atoms with Crippen LogP contribution in [-0.4, -0.2) is 26.2 Å². The molecule has 1 aliphatic heterocycles. The highest BCUT2D eigenvalue weighted by molar-refractivity contribution is 7.93. The highest BCUT2D eigenvalue weighted by atomic mass is 32.2. The van der Waals surface area contributed by atoms with E-state index in [1.54, 1.807) is 36.4 Å². The Morgan fingerprint density at radius 3 is 2.58 bits per heavy atom. The van der Waals surface area contributed by atoms with E-state index in [0.29, 0.717) is 11.4 Å². The summed E-state index contributed by atoms with van der Waals surface area (Å²) in [5, 5.41) is 1.74. The number of benzene rings is 2. The normalized spacial score (nSPS) is 19.9. The van der Waals surface area contributed by atoms with Crippen molar-refractivity contribution in [1.29, 1.82) is 0 Å². The van der Waals surface area contributed by atoms with Crippen LogP contribution in [0.15, 0.2) is 54.6 Å². The third-order valence-corrected chi connectivity index (χ3v) is 5.87. The summed E-state index contributed by atoms with van der Waals surface area (Å²) < 4.78 is 27.9. The van der Waals surface area contributed by atoms with Crippen LogP contribution in [0.4, 0.5) is 11.4 Å². The average Bonchev–Trinajstić information content (AvgIpc) is 3.13. The summed E-state index contributed by atoms with van der Waals surface area (Å²) in [6.07, 6.45) is 0.855. The van der Waals surface area contributed by atoms with Crippen molar-refractivity contribution >= 4 is 27.3 Å². The van der Waals surface area contributed by atoms with Gasteiger partial charge in [-0.05, 0) is 36.2 Å². The zero-order valence-corrected chi connectivity index (χ0v) is 15.2. The molecule has 1 aliphatic rings. The Morgan fingerprint density at radius 2 is 1.85 bits per heavy atom. The van der Waals surface area contributed by atoms with E-state index in [0.717, 1.165) is 12.0 Å². The molecule has 1 heterocycles. The highest BCUT2D eigenvalue weighted by Crippen LogP contribution is 2.20. The molecule has 1 saturated heterocycles. The van der Waals surface area contributed by atoms with Crippen molar-refractivity contribution in [3.05, 3.63) is 60.2 Å². The SMILES string of the molecule is CCc1cccc(NC(=O)C2CNNC2S(=O)(=O)Nc2ccccc2)c1. The first kappa shape index (κ1) is 18.4. The number of hydrazine groups is 1. The lowest BCUT2D eigenvalue weighted by molar-refractivity contribution is -0.119. The quantitative estimate of drug-likeness (QED) is 0.617. The lowest BCUT2D eigenvalue weighted by atomic mass is 10.1. The number of nitrogens with one attached hydrogen (secondary N) is 4. The average molecular weight is 374 g/mol. The number of carbonyl (C=O) groups is 1. The highest BCUT2D eigenvalue weighted by Gasteiger charge is 2.41. The van der Waals surface area contributed by atoms with Crippen LogP contribution >= 0.6 is 0 Å². The van der Waals surface area contributed by atoms with Crippen LogP contribution in [-0.2, 0) is 21.2 Å². The number of carbonyl (C=O) groups excluding carboxylic acids is 1. The smallest absolute Gasteiger partial charge is 0.250 e. The summed E-state index contributed by atoms with van der Waals surface area (Å²) in [7, 11) is -3.80. The van der Waals surface area contributed by atoms with Crippen molar-refractivity contribution in [2.75, 3.05) is 16.6 Å². The Kier molecular flexibility index (Phi) is 5.55. The van der Waals surface area contributed by atoms with Crippen molar-refractivity contribution in [2.45, 2.75) is 18.7 Å². The van der Waals surface area contributed by atoms with E-state index < -0.39 is 21.3 Å². The van der Waals surface area contributed by atoms with Gasteiger partial charge in [-0.3, -0.25) is 14.9 Å². The van der Waals surface area contributed by atoms with E-state index in [9.17, 15) is 13.2 Å². The molecular formula is C18H22N4O3S. The number of sulfonamides is 1. The third kappa shape index (κ3) is 4.21. The monoisotopic (exact) mass is 374 g/mol. The third-order valence-electron chi connectivity index (χ3n) is 4.24. The second kappa shape index (κ2) is 7.86. The minimum absolute atomic E-state index is 0.222. The molecule has 0 aromatic heterocycles. The maximum Gasteiger partial charge on any atom is 0.250 e. The van der Waals surface area contributed by atoms with Gasteiger partial charge in [0, 0.05) is 17.9 Å². The largest absolute Gasteiger partial charge is 0.326 e. The minimum Gasteiger partial charge on any atom is -0.326 e. The van der Waals surface area contributed by atoms with E-state index in [1.807, 2.05) is 25.1 Å². The van der Waals surface area contributed by atoms with E-state index in [4.69, 9.17) is 0 Å². The predicted molar refractivity (Wildman–Crippen MR) is 102 cm³/mol. The molecule has 26 heavy (non-hydrogen) atoms. The summed E-state index contributed by atoms with van der Waals surface area (Å²) in [6, 6.07) is 16.1. The first-order chi connectivity index (χ1) is 12.5. The van der Waals surface area contributed by atoms with Crippen molar-refractivity contribution in [2.24, 2.45) is 5.92 Å². The summed E-state index contributed by atoms with van der Waals surface area (Å²) in [6.45, 7) is 2.25. The molecule has 0 saturated carbocycles. The number of para-hydroxylation sites is 1. The zero-order chi connectivity index (χ0) is 18.6. The first-order valence-corrected chi connectivity index (χ1v) is 9.99. The van der Waals surface area contributed by atoms with Crippen LogP contribution in [0.5, 0.6) is 0 Å². The van der Waals surface area contributed by atoms with E-state index in [-0.39, 0.29) is 12.5 Å². The van der Waals surface area contributed by atoms with Gasteiger partial charge in [-0.15, -0.1) is 0 Å². The molecule has 0 spiro atoms. The van der Waals surface area contributed by atoms with Gasteiger partial charge >= 0.3 is 0 Å². The van der Waals surface area contributed by atoms with Gasteiger partial charge in [0.2, 0.25) is 5.91 Å². The topological polar surface area (TPSA) is 99.3 Å². The summed E-state index contributed by atoms with van der Waals surface area (Å²) in [5.41, 5.74) is 7.68. The van der Waals surface area contributed by atoms with Gasteiger partial charge in [0.25, 0.3) is 10.0 Å². The lowest BCUT2D eigenvalue weighted by Crippen LogP contribution is -2.45. The molecule has 0 aliphatic carbocycles. The molecule has 0 radical (unpaired) electrons. The van der Waals surface area contributed by atoms with E-state index in [2.05, 4.69) is 20.9 Å². The maximum atomic E-state index is 12.7. The Bertz CT molecular complexity index is 871. The van der Waals surface area contributed by atoms with Crippen molar-refractivity contribution in [1.82, 2.24) is 10.9 Å². The van der Waals surface area contributed by atoms with Crippen LogP contribution in [0.1, 0.15) is 12.5 Å². The van der Waals surface area contributed by atoms with E-state index in [1.165, 1.54) is 0 Å². The fourth-order valence-corrected chi connectivity index (χ4v) is 4.32. The number of rotatable bonds is 6. The summed E-state index contributed by atoms with van der Waals surface area (Å²) in [5.74, 6) is -1.11. The maximum absolute atomic E-state index is 12.7.